The summed E-state index contributed by atoms with van der Waals surface area (Å²) in [6.07, 6.45) is 2.25. The van der Waals surface area contributed by atoms with Gasteiger partial charge in [-0.2, -0.15) is 0 Å². The van der Waals surface area contributed by atoms with E-state index in [9.17, 15) is 0 Å². The third-order valence-corrected chi connectivity index (χ3v) is 3.92. The number of hydrogen-bond acceptors (Lipinski definition) is 3. The highest BCUT2D eigenvalue weighted by atomic mass is 79.9. The topological polar surface area (TPSA) is 30.5 Å². The third kappa shape index (κ3) is 6.27. The molecule has 0 aliphatic heterocycles. The molecule has 0 amide bonds. The average molecular weight is 358 g/mol. The Balaban J connectivity index is 2.85. The molecular weight excluding hydrogens is 330 g/mol. The normalized spacial score (nSPS) is 12.2. The van der Waals surface area contributed by atoms with E-state index in [2.05, 4.69) is 54.2 Å². The molecule has 0 bridgehead atoms. The summed E-state index contributed by atoms with van der Waals surface area (Å²) < 4.78 is 12.7. The predicted molar refractivity (Wildman–Crippen MR) is 92.3 cm³/mol. The van der Waals surface area contributed by atoms with Crippen molar-refractivity contribution in [2.75, 3.05) is 19.8 Å². The van der Waals surface area contributed by atoms with Crippen LogP contribution in [0.5, 0.6) is 11.5 Å². The molecule has 0 saturated heterocycles. The minimum Gasteiger partial charge on any atom is -0.490 e. The maximum atomic E-state index is 5.96. The molecule has 0 fully saturated rings. The summed E-state index contributed by atoms with van der Waals surface area (Å²) in [7, 11) is 0. The zero-order valence-electron chi connectivity index (χ0n) is 13.7. The minimum absolute atomic E-state index is 0.539. The van der Waals surface area contributed by atoms with E-state index < -0.39 is 0 Å². The molecule has 1 unspecified atom stereocenters. The van der Waals surface area contributed by atoms with E-state index in [0.29, 0.717) is 19.1 Å². The highest BCUT2D eigenvalue weighted by Crippen LogP contribution is 2.37. The number of nitrogens with one attached hydrogen (secondary N) is 1. The summed E-state index contributed by atoms with van der Waals surface area (Å²) in [6, 6.07) is 4.18. The lowest BCUT2D eigenvalue weighted by Gasteiger charge is -2.17. The van der Waals surface area contributed by atoms with Crippen molar-refractivity contribution in [3.05, 3.63) is 22.2 Å². The molecule has 4 heteroatoms. The lowest BCUT2D eigenvalue weighted by atomic mass is 10.1. The quantitative estimate of drug-likeness (QED) is 0.611. The van der Waals surface area contributed by atoms with Crippen LogP contribution in [-0.4, -0.2) is 19.8 Å². The number of halogens is 1. The van der Waals surface area contributed by atoms with Gasteiger partial charge in [0.15, 0.2) is 11.5 Å². The van der Waals surface area contributed by atoms with Crippen LogP contribution in [0.2, 0.25) is 0 Å². The Hall–Kier alpha value is -0.740. The summed E-state index contributed by atoms with van der Waals surface area (Å²) in [5.74, 6) is 2.18. The van der Waals surface area contributed by atoms with E-state index >= 15 is 0 Å². The van der Waals surface area contributed by atoms with Crippen molar-refractivity contribution in [3.8, 4) is 11.5 Å². The van der Waals surface area contributed by atoms with E-state index in [1.165, 1.54) is 5.56 Å². The Bertz CT molecular complexity index is 423. The molecule has 0 radical (unpaired) electrons. The molecule has 1 aromatic rings. The van der Waals surface area contributed by atoms with Crippen molar-refractivity contribution in [2.45, 2.75) is 47.1 Å². The molecule has 0 spiro atoms. The van der Waals surface area contributed by atoms with Crippen LogP contribution in [0.25, 0.3) is 0 Å². The highest BCUT2D eigenvalue weighted by molar-refractivity contribution is 9.10. The van der Waals surface area contributed by atoms with Gasteiger partial charge in [0.05, 0.1) is 17.7 Å². The van der Waals surface area contributed by atoms with Crippen LogP contribution in [0.1, 0.15) is 46.1 Å². The van der Waals surface area contributed by atoms with Gasteiger partial charge in [0.2, 0.25) is 0 Å². The standard InChI is InChI=1S/C17H28BrNO2/c1-5-8-19-11-14-9-15(18)17(16(10-14)20-7-3)21-12-13(4)6-2/h9-10,13,19H,5-8,11-12H2,1-4H3. The first kappa shape index (κ1) is 18.3. The van der Waals surface area contributed by atoms with Crippen LogP contribution in [0.4, 0.5) is 0 Å². The lowest BCUT2D eigenvalue weighted by molar-refractivity contribution is 0.236. The summed E-state index contributed by atoms with van der Waals surface area (Å²) in [5, 5.41) is 3.41. The van der Waals surface area contributed by atoms with Crippen LogP contribution >= 0.6 is 15.9 Å². The Morgan fingerprint density at radius 2 is 1.95 bits per heavy atom. The first-order chi connectivity index (χ1) is 10.1. The number of benzene rings is 1. The Morgan fingerprint density at radius 3 is 2.57 bits per heavy atom. The van der Waals surface area contributed by atoms with Gasteiger partial charge in [-0.05, 0) is 59.4 Å². The number of hydrogen-bond donors (Lipinski definition) is 1. The predicted octanol–water partition coefficient (Wildman–Crippen LogP) is 4.77. The number of ether oxygens (including phenoxy) is 2. The summed E-state index contributed by atoms with van der Waals surface area (Å²) in [5.41, 5.74) is 1.20. The lowest BCUT2D eigenvalue weighted by Crippen LogP contribution is -2.14. The zero-order valence-corrected chi connectivity index (χ0v) is 15.3. The molecule has 120 valence electrons. The smallest absolute Gasteiger partial charge is 0.175 e. The minimum atomic E-state index is 0.539. The first-order valence-electron chi connectivity index (χ1n) is 7.91. The second-order valence-corrected chi connectivity index (χ2v) is 6.19. The van der Waals surface area contributed by atoms with Gasteiger partial charge in [-0.3, -0.25) is 0 Å². The van der Waals surface area contributed by atoms with Crippen molar-refractivity contribution >= 4 is 15.9 Å². The molecule has 3 nitrogen and oxygen atoms in total. The fraction of sp³-hybridized carbons (Fsp3) is 0.647. The molecule has 1 aromatic carbocycles. The van der Waals surface area contributed by atoms with E-state index in [1.54, 1.807) is 0 Å². The van der Waals surface area contributed by atoms with Gasteiger partial charge in [0.1, 0.15) is 0 Å². The molecular formula is C17H28BrNO2. The third-order valence-electron chi connectivity index (χ3n) is 3.33. The van der Waals surface area contributed by atoms with Gasteiger partial charge in [-0.25, -0.2) is 0 Å². The second-order valence-electron chi connectivity index (χ2n) is 5.34. The van der Waals surface area contributed by atoms with Gasteiger partial charge >= 0.3 is 0 Å². The summed E-state index contributed by atoms with van der Waals surface area (Å²) in [6.45, 7) is 11.7. The molecule has 21 heavy (non-hydrogen) atoms. The van der Waals surface area contributed by atoms with E-state index in [0.717, 1.165) is 41.9 Å². The van der Waals surface area contributed by atoms with Crippen molar-refractivity contribution < 1.29 is 9.47 Å². The molecule has 1 rings (SSSR count). The van der Waals surface area contributed by atoms with E-state index in [1.807, 2.05) is 6.92 Å². The van der Waals surface area contributed by atoms with Gasteiger partial charge in [0, 0.05) is 6.54 Å². The van der Waals surface area contributed by atoms with Crippen molar-refractivity contribution in [1.29, 1.82) is 0 Å². The first-order valence-corrected chi connectivity index (χ1v) is 8.70. The molecule has 1 N–H and O–H groups in total. The SMILES string of the molecule is CCCNCc1cc(Br)c(OCC(C)CC)c(OCC)c1. The highest BCUT2D eigenvalue weighted by Gasteiger charge is 2.13. The Morgan fingerprint density at radius 1 is 1.19 bits per heavy atom. The molecule has 0 saturated carbocycles. The van der Waals surface area contributed by atoms with Gasteiger partial charge in [-0.15, -0.1) is 0 Å². The van der Waals surface area contributed by atoms with Gasteiger partial charge in [0.25, 0.3) is 0 Å². The molecule has 0 aromatic heterocycles. The Labute approximate surface area is 137 Å². The summed E-state index contributed by atoms with van der Waals surface area (Å²) in [4.78, 5) is 0. The molecule has 1 atom stereocenters. The fourth-order valence-corrected chi connectivity index (χ4v) is 2.48. The summed E-state index contributed by atoms with van der Waals surface area (Å²) >= 11 is 3.62. The van der Waals surface area contributed by atoms with Crippen LogP contribution < -0.4 is 14.8 Å². The largest absolute Gasteiger partial charge is 0.490 e. The van der Waals surface area contributed by atoms with Crippen LogP contribution in [0.3, 0.4) is 0 Å². The van der Waals surface area contributed by atoms with Crippen molar-refractivity contribution in [1.82, 2.24) is 5.32 Å². The van der Waals surface area contributed by atoms with Crippen LogP contribution in [-0.2, 0) is 6.54 Å². The van der Waals surface area contributed by atoms with Gasteiger partial charge < -0.3 is 14.8 Å². The van der Waals surface area contributed by atoms with Crippen LogP contribution in [0.15, 0.2) is 16.6 Å². The van der Waals surface area contributed by atoms with E-state index in [4.69, 9.17) is 9.47 Å². The average Bonchev–Trinajstić information content (AvgIpc) is 2.46. The molecule has 0 aliphatic rings. The zero-order chi connectivity index (χ0) is 15.7. The molecule has 0 heterocycles. The maximum Gasteiger partial charge on any atom is 0.175 e. The Kier molecular flexibility index (Phi) is 8.77. The van der Waals surface area contributed by atoms with E-state index in [-0.39, 0.29) is 0 Å². The van der Waals surface area contributed by atoms with Gasteiger partial charge in [-0.1, -0.05) is 27.2 Å². The maximum absolute atomic E-state index is 5.96. The number of rotatable bonds is 10. The van der Waals surface area contributed by atoms with Crippen LogP contribution in [0, 0.1) is 5.92 Å². The second kappa shape index (κ2) is 10.1. The molecule has 0 aliphatic carbocycles. The van der Waals surface area contributed by atoms with Crippen molar-refractivity contribution in [3.63, 3.8) is 0 Å². The fourth-order valence-electron chi connectivity index (χ4n) is 1.88. The van der Waals surface area contributed by atoms with Crippen molar-refractivity contribution in [2.24, 2.45) is 5.92 Å². The monoisotopic (exact) mass is 357 g/mol.